The summed E-state index contributed by atoms with van der Waals surface area (Å²) in [4.78, 5) is 25.6. The van der Waals surface area contributed by atoms with Crippen LogP contribution in [0.25, 0.3) is 0 Å². The number of anilines is 1. The molecule has 2 rings (SSSR count). The van der Waals surface area contributed by atoms with Crippen LogP contribution in [0.3, 0.4) is 0 Å². The Morgan fingerprint density at radius 3 is 2.54 bits per heavy atom. The molecule has 0 saturated carbocycles. The van der Waals surface area contributed by atoms with E-state index < -0.39 is 5.82 Å². The van der Waals surface area contributed by atoms with Gasteiger partial charge in [-0.25, -0.2) is 4.39 Å². The van der Waals surface area contributed by atoms with Crippen molar-refractivity contribution < 1.29 is 18.7 Å². The van der Waals surface area contributed by atoms with Crippen LogP contribution < -0.4 is 10.1 Å². The number of para-hydroxylation sites is 2. The third-order valence-electron chi connectivity index (χ3n) is 3.89. The number of likely N-dealkylation sites (N-methyl/N-ethyl adjacent to an activating group) is 1. The maximum absolute atomic E-state index is 13.4. The molecule has 0 bridgehead atoms. The zero-order valence-electron chi connectivity index (χ0n) is 15.0. The van der Waals surface area contributed by atoms with Gasteiger partial charge in [0.25, 0.3) is 0 Å². The van der Waals surface area contributed by atoms with Crippen molar-refractivity contribution in [2.45, 2.75) is 19.8 Å². The van der Waals surface area contributed by atoms with Crippen molar-refractivity contribution >= 4 is 17.5 Å². The van der Waals surface area contributed by atoms with E-state index in [0.717, 1.165) is 17.7 Å². The zero-order valence-corrected chi connectivity index (χ0v) is 15.0. The minimum absolute atomic E-state index is 0.0460. The summed E-state index contributed by atoms with van der Waals surface area (Å²) in [5.41, 5.74) is 1.79. The van der Waals surface area contributed by atoms with Crippen molar-refractivity contribution in [1.29, 1.82) is 0 Å². The maximum atomic E-state index is 13.4. The first kappa shape index (κ1) is 19.4. The first-order valence-corrected chi connectivity index (χ1v) is 8.50. The molecule has 2 amide bonds. The molecule has 0 aliphatic rings. The molecule has 2 aromatic carbocycles. The van der Waals surface area contributed by atoms with Crippen LogP contribution in [0.5, 0.6) is 5.75 Å². The zero-order chi connectivity index (χ0) is 18.9. The van der Waals surface area contributed by atoms with E-state index in [1.807, 2.05) is 31.2 Å². The van der Waals surface area contributed by atoms with Gasteiger partial charge in [-0.1, -0.05) is 37.3 Å². The average molecular weight is 358 g/mol. The summed E-state index contributed by atoms with van der Waals surface area (Å²) in [5.74, 6) is -0.879. The Hall–Kier alpha value is -2.89. The number of ether oxygens (including phenoxy) is 1. The molecule has 6 heteroatoms. The highest BCUT2D eigenvalue weighted by atomic mass is 19.1. The van der Waals surface area contributed by atoms with Gasteiger partial charge in [-0.15, -0.1) is 0 Å². The van der Waals surface area contributed by atoms with Gasteiger partial charge in [0.1, 0.15) is 0 Å². The normalized spacial score (nSPS) is 10.3. The standard InChI is InChI=1S/C20H23FN2O3/c1-3-15-8-4-6-10-17(15)22-19(24)14-23(2)20(25)12-13-26-18-11-7-5-9-16(18)21/h4-11H,3,12-14H2,1-2H3,(H,22,24). The highest BCUT2D eigenvalue weighted by Gasteiger charge is 2.14. The van der Waals surface area contributed by atoms with Crippen molar-refractivity contribution in [3.8, 4) is 5.75 Å². The molecule has 0 radical (unpaired) electrons. The summed E-state index contributed by atoms with van der Waals surface area (Å²) in [5, 5.41) is 2.82. The molecule has 2 aromatic rings. The SMILES string of the molecule is CCc1ccccc1NC(=O)CN(C)C(=O)CCOc1ccccc1F. The summed E-state index contributed by atoms with van der Waals surface area (Å²) in [6, 6.07) is 13.6. The molecule has 0 aliphatic carbocycles. The third-order valence-corrected chi connectivity index (χ3v) is 3.89. The summed E-state index contributed by atoms with van der Waals surface area (Å²) >= 11 is 0. The Kier molecular flexibility index (Phi) is 7.14. The fourth-order valence-corrected chi connectivity index (χ4v) is 2.44. The molecule has 0 heterocycles. The predicted octanol–water partition coefficient (Wildman–Crippen LogP) is 3.25. The van der Waals surface area contributed by atoms with Gasteiger partial charge in [0.15, 0.2) is 11.6 Å². The molecule has 1 N–H and O–H groups in total. The van der Waals surface area contributed by atoms with Crippen LogP contribution in [0.4, 0.5) is 10.1 Å². The first-order valence-electron chi connectivity index (χ1n) is 8.50. The number of halogens is 1. The molecule has 0 spiro atoms. The molecule has 0 unspecified atom stereocenters. The molecule has 5 nitrogen and oxygen atoms in total. The lowest BCUT2D eigenvalue weighted by molar-refractivity contribution is -0.133. The number of hydrogen-bond donors (Lipinski definition) is 1. The molecule has 0 aliphatic heterocycles. The lowest BCUT2D eigenvalue weighted by Gasteiger charge is -2.18. The number of benzene rings is 2. The second-order valence-corrected chi connectivity index (χ2v) is 5.84. The van der Waals surface area contributed by atoms with Crippen molar-refractivity contribution in [1.82, 2.24) is 4.90 Å². The van der Waals surface area contributed by atoms with Crippen LogP contribution in [-0.2, 0) is 16.0 Å². The average Bonchev–Trinajstić information content (AvgIpc) is 2.63. The number of carbonyl (C=O) groups is 2. The summed E-state index contributed by atoms with van der Waals surface area (Å²) in [6.45, 7) is 2.00. The van der Waals surface area contributed by atoms with Crippen LogP contribution in [0.2, 0.25) is 0 Å². The van der Waals surface area contributed by atoms with Crippen LogP contribution in [0.1, 0.15) is 18.9 Å². The van der Waals surface area contributed by atoms with Gasteiger partial charge in [0, 0.05) is 12.7 Å². The molecule has 26 heavy (non-hydrogen) atoms. The van der Waals surface area contributed by atoms with Gasteiger partial charge in [-0.05, 0) is 30.2 Å². The Balaban J connectivity index is 1.79. The lowest BCUT2D eigenvalue weighted by Crippen LogP contribution is -2.35. The van der Waals surface area contributed by atoms with Gasteiger partial charge in [0.2, 0.25) is 11.8 Å². The highest BCUT2D eigenvalue weighted by Crippen LogP contribution is 2.16. The van der Waals surface area contributed by atoms with Crippen LogP contribution >= 0.6 is 0 Å². The molecule has 0 aromatic heterocycles. The predicted molar refractivity (Wildman–Crippen MR) is 98.6 cm³/mol. The number of hydrogen-bond acceptors (Lipinski definition) is 3. The second-order valence-electron chi connectivity index (χ2n) is 5.84. The van der Waals surface area contributed by atoms with Gasteiger partial charge < -0.3 is 15.0 Å². The number of nitrogens with one attached hydrogen (secondary N) is 1. The van der Waals surface area contributed by atoms with E-state index in [-0.39, 0.29) is 37.1 Å². The van der Waals surface area contributed by atoms with E-state index in [2.05, 4.69) is 5.32 Å². The number of nitrogens with zero attached hydrogens (tertiary/aromatic N) is 1. The summed E-state index contributed by atoms with van der Waals surface area (Å²) in [7, 11) is 1.55. The van der Waals surface area contributed by atoms with Crippen molar-refractivity contribution in [3.63, 3.8) is 0 Å². The quantitative estimate of drug-likeness (QED) is 0.788. The van der Waals surface area contributed by atoms with E-state index in [1.54, 1.807) is 19.2 Å². The largest absolute Gasteiger partial charge is 0.490 e. The Bertz CT molecular complexity index is 764. The smallest absolute Gasteiger partial charge is 0.243 e. The van der Waals surface area contributed by atoms with Gasteiger partial charge in [-0.2, -0.15) is 0 Å². The fraction of sp³-hybridized carbons (Fsp3) is 0.300. The Labute approximate surface area is 152 Å². The molecule has 138 valence electrons. The second kappa shape index (κ2) is 9.56. The maximum Gasteiger partial charge on any atom is 0.243 e. The molecule has 0 atom stereocenters. The van der Waals surface area contributed by atoms with E-state index in [9.17, 15) is 14.0 Å². The van der Waals surface area contributed by atoms with E-state index in [4.69, 9.17) is 4.74 Å². The van der Waals surface area contributed by atoms with E-state index >= 15 is 0 Å². The number of amides is 2. The van der Waals surface area contributed by atoms with Crippen LogP contribution in [0.15, 0.2) is 48.5 Å². The number of rotatable bonds is 8. The minimum Gasteiger partial charge on any atom is -0.490 e. The number of aryl methyl sites for hydroxylation is 1. The van der Waals surface area contributed by atoms with Crippen molar-refractivity contribution in [2.24, 2.45) is 0 Å². The molecular formula is C20H23FN2O3. The lowest BCUT2D eigenvalue weighted by atomic mass is 10.1. The van der Waals surface area contributed by atoms with Gasteiger partial charge in [0.05, 0.1) is 19.6 Å². The van der Waals surface area contributed by atoms with Gasteiger partial charge in [-0.3, -0.25) is 9.59 Å². The first-order chi connectivity index (χ1) is 12.5. The molecule has 0 fully saturated rings. The van der Waals surface area contributed by atoms with Crippen LogP contribution in [0, 0.1) is 5.82 Å². The number of carbonyl (C=O) groups excluding carboxylic acids is 2. The van der Waals surface area contributed by atoms with Gasteiger partial charge >= 0.3 is 0 Å². The molecule has 0 saturated heterocycles. The summed E-state index contributed by atoms with van der Waals surface area (Å²) in [6.07, 6.45) is 0.863. The Morgan fingerprint density at radius 1 is 1.12 bits per heavy atom. The van der Waals surface area contributed by atoms with Crippen molar-refractivity contribution in [2.75, 3.05) is 25.5 Å². The summed E-state index contributed by atoms with van der Waals surface area (Å²) < 4.78 is 18.7. The fourth-order valence-electron chi connectivity index (χ4n) is 2.44. The highest BCUT2D eigenvalue weighted by molar-refractivity contribution is 5.95. The van der Waals surface area contributed by atoms with Crippen LogP contribution in [-0.4, -0.2) is 36.9 Å². The topological polar surface area (TPSA) is 58.6 Å². The molecular weight excluding hydrogens is 335 g/mol. The van der Waals surface area contributed by atoms with E-state index in [1.165, 1.54) is 17.0 Å². The monoisotopic (exact) mass is 358 g/mol. The van der Waals surface area contributed by atoms with Crippen molar-refractivity contribution in [3.05, 3.63) is 59.9 Å². The Morgan fingerprint density at radius 2 is 1.81 bits per heavy atom. The third kappa shape index (κ3) is 5.58. The minimum atomic E-state index is -0.470. The van der Waals surface area contributed by atoms with E-state index in [0.29, 0.717) is 0 Å².